The van der Waals surface area contributed by atoms with E-state index in [1.807, 2.05) is 0 Å². The Balaban J connectivity index is 2.26. The minimum Gasteiger partial charge on any atom is -0.351 e. The lowest BCUT2D eigenvalue weighted by atomic mass is 10.3. The predicted octanol–water partition coefficient (Wildman–Crippen LogP) is -0.150. The third-order valence-electron chi connectivity index (χ3n) is 1.79. The highest BCUT2D eigenvalue weighted by atomic mass is 16.5. The molecule has 1 amide bonds. The first-order valence-corrected chi connectivity index (χ1v) is 4.61. The molecular formula is C9H14N4O2. The molecule has 0 fully saturated rings. The first kappa shape index (κ1) is 11.4. The van der Waals surface area contributed by atoms with Crippen molar-refractivity contribution in [2.75, 3.05) is 6.54 Å². The maximum atomic E-state index is 11.4. The van der Waals surface area contributed by atoms with Crippen LogP contribution < -0.4 is 10.6 Å². The van der Waals surface area contributed by atoms with Crippen molar-refractivity contribution >= 4 is 5.91 Å². The number of nitrogens with one attached hydrogen (secondary N) is 2. The lowest BCUT2D eigenvalue weighted by molar-refractivity contribution is -0.122. The Kier molecular flexibility index (Phi) is 4.49. The van der Waals surface area contributed by atoms with E-state index < -0.39 is 0 Å². The number of carbonyl (C=O) groups is 1. The molecule has 1 atom stereocenters. The molecule has 0 bridgehead atoms. The van der Waals surface area contributed by atoms with Gasteiger partial charge in [-0.1, -0.05) is 11.2 Å². The van der Waals surface area contributed by atoms with E-state index in [0.29, 0.717) is 18.9 Å². The molecule has 0 aromatic carbocycles. The van der Waals surface area contributed by atoms with Gasteiger partial charge in [0.15, 0.2) is 5.82 Å². The molecule has 15 heavy (non-hydrogen) atoms. The van der Waals surface area contributed by atoms with Gasteiger partial charge in [0.05, 0.1) is 12.6 Å². The van der Waals surface area contributed by atoms with E-state index in [4.69, 9.17) is 0 Å². The molecule has 6 nitrogen and oxygen atoms in total. The highest BCUT2D eigenvalue weighted by Crippen LogP contribution is 1.89. The first-order valence-electron chi connectivity index (χ1n) is 4.61. The molecule has 82 valence electrons. The molecule has 0 aliphatic carbocycles. The summed E-state index contributed by atoms with van der Waals surface area (Å²) in [4.78, 5) is 15.2. The lowest BCUT2D eigenvalue weighted by Gasteiger charge is -2.11. The van der Waals surface area contributed by atoms with Crippen LogP contribution in [0.3, 0.4) is 0 Å². The minimum atomic E-state index is -0.302. The summed E-state index contributed by atoms with van der Waals surface area (Å²) >= 11 is 0. The Labute approximate surface area is 87.7 Å². The molecule has 0 spiro atoms. The zero-order valence-corrected chi connectivity index (χ0v) is 8.56. The van der Waals surface area contributed by atoms with Gasteiger partial charge in [-0.25, -0.2) is 0 Å². The van der Waals surface area contributed by atoms with Crippen molar-refractivity contribution in [1.29, 1.82) is 0 Å². The molecule has 0 saturated carbocycles. The summed E-state index contributed by atoms with van der Waals surface area (Å²) in [7, 11) is 0. The van der Waals surface area contributed by atoms with E-state index in [0.717, 1.165) is 0 Å². The Bertz CT molecular complexity index is 310. The second-order valence-electron chi connectivity index (χ2n) is 2.98. The van der Waals surface area contributed by atoms with Gasteiger partial charge in [0.2, 0.25) is 12.3 Å². The Hall–Kier alpha value is -1.69. The molecule has 1 heterocycles. The predicted molar refractivity (Wildman–Crippen MR) is 53.8 cm³/mol. The average molecular weight is 210 g/mol. The largest absolute Gasteiger partial charge is 0.351 e. The fourth-order valence-electron chi connectivity index (χ4n) is 0.933. The number of aromatic nitrogens is 2. The summed E-state index contributed by atoms with van der Waals surface area (Å²) < 4.78 is 4.56. The smallest absolute Gasteiger partial charge is 0.237 e. The number of amides is 1. The molecule has 1 aromatic rings. The van der Waals surface area contributed by atoms with Crippen molar-refractivity contribution in [2.24, 2.45) is 0 Å². The second-order valence-corrected chi connectivity index (χ2v) is 2.98. The van der Waals surface area contributed by atoms with Crippen molar-refractivity contribution in [2.45, 2.75) is 19.5 Å². The Morgan fingerprint density at radius 3 is 3.20 bits per heavy atom. The summed E-state index contributed by atoms with van der Waals surface area (Å²) in [6.07, 6.45) is 2.88. The first-order chi connectivity index (χ1) is 7.24. The fourth-order valence-corrected chi connectivity index (χ4v) is 0.933. The molecule has 2 N–H and O–H groups in total. The van der Waals surface area contributed by atoms with Gasteiger partial charge in [-0.15, -0.1) is 6.58 Å². The number of rotatable bonds is 6. The van der Waals surface area contributed by atoms with Crippen LogP contribution in [-0.2, 0) is 11.3 Å². The van der Waals surface area contributed by atoms with Crippen LogP contribution in [0.1, 0.15) is 12.7 Å². The van der Waals surface area contributed by atoms with E-state index in [1.54, 1.807) is 13.0 Å². The van der Waals surface area contributed by atoms with E-state index >= 15 is 0 Å². The molecule has 0 radical (unpaired) electrons. The molecule has 0 saturated heterocycles. The van der Waals surface area contributed by atoms with Crippen LogP contribution >= 0.6 is 0 Å². The topological polar surface area (TPSA) is 80.0 Å². The van der Waals surface area contributed by atoms with Crippen LogP contribution in [-0.4, -0.2) is 28.6 Å². The summed E-state index contributed by atoms with van der Waals surface area (Å²) in [5.41, 5.74) is 0. The van der Waals surface area contributed by atoms with Crippen molar-refractivity contribution in [3.05, 3.63) is 24.9 Å². The van der Waals surface area contributed by atoms with Gasteiger partial charge in [0.1, 0.15) is 0 Å². The van der Waals surface area contributed by atoms with Crippen molar-refractivity contribution in [3.63, 3.8) is 0 Å². The summed E-state index contributed by atoms with van der Waals surface area (Å²) in [6.45, 7) is 6.14. The van der Waals surface area contributed by atoms with Crippen LogP contribution in [0.4, 0.5) is 0 Å². The van der Waals surface area contributed by atoms with E-state index in [1.165, 1.54) is 6.39 Å². The quantitative estimate of drug-likeness (QED) is 0.638. The standard InChI is InChI=1S/C9H14N4O2/c1-3-4-10-9(14)7(2)11-5-8-12-6-15-13-8/h3,6-7,11H,1,4-5H2,2H3,(H,10,14). The molecule has 1 aromatic heterocycles. The summed E-state index contributed by atoms with van der Waals surface area (Å²) in [5, 5.41) is 9.25. The van der Waals surface area contributed by atoms with Crippen molar-refractivity contribution in [3.8, 4) is 0 Å². The summed E-state index contributed by atoms with van der Waals surface area (Å²) in [5.74, 6) is 0.441. The van der Waals surface area contributed by atoms with Gasteiger partial charge < -0.3 is 9.84 Å². The highest BCUT2D eigenvalue weighted by molar-refractivity contribution is 5.81. The van der Waals surface area contributed by atoms with Gasteiger partial charge in [-0.05, 0) is 6.92 Å². The number of nitrogens with zero attached hydrogens (tertiary/aromatic N) is 2. The van der Waals surface area contributed by atoms with Gasteiger partial charge in [-0.3, -0.25) is 10.1 Å². The SMILES string of the molecule is C=CCNC(=O)C(C)NCc1ncon1. The monoisotopic (exact) mass is 210 g/mol. The van der Waals surface area contributed by atoms with Crippen LogP contribution in [0.2, 0.25) is 0 Å². The average Bonchev–Trinajstić information content (AvgIpc) is 2.75. The minimum absolute atomic E-state index is 0.0848. The summed E-state index contributed by atoms with van der Waals surface area (Å²) in [6, 6.07) is -0.302. The molecular weight excluding hydrogens is 196 g/mol. The second kappa shape index (κ2) is 5.92. The molecule has 6 heteroatoms. The number of hydrogen-bond donors (Lipinski definition) is 2. The van der Waals surface area contributed by atoms with E-state index in [-0.39, 0.29) is 11.9 Å². The molecule has 1 unspecified atom stereocenters. The molecule has 0 aliphatic rings. The van der Waals surface area contributed by atoms with Crippen LogP contribution in [0.15, 0.2) is 23.6 Å². The number of hydrogen-bond acceptors (Lipinski definition) is 5. The van der Waals surface area contributed by atoms with Gasteiger partial charge in [-0.2, -0.15) is 4.98 Å². The lowest BCUT2D eigenvalue weighted by Crippen LogP contribution is -2.41. The van der Waals surface area contributed by atoms with Gasteiger partial charge in [0, 0.05) is 6.54 Å². The van der Waals surface area contributed by atoms with Crippen molar-refractivity contribution in [1.82, 2.24) is 20.8 Å². The van der Waals surface area contributed by atoms with Crippen LogP contribution in [0.25, 0.3) is 0 Å². The van der Waals surface area contributed by atoms with Crippen LogP contribution in [0.5, 0.6) is 0 Å². The normalized spacial score (nSPS) is 12.1. The molecule has 0 aliphatic heterocycles. The molecule has 1 rings (SSSR count). The highest BCUT2D eigenvalue weighted by Gasteiger charge is 2.11. The fraction of sp³-hybridized carbons (Fsp3) is 0.444. The van der Waals surface area contributed by atoms with Gasteiger partial charge >= 0.3 is 0 Å². The Morgan fingerprint density at radius 2 is 2.60 bits per heavy atom. The van der Waals surface area contributed by atoms with E-state index in [9.17, 15) is 4.79 Å². The zero-order chi connectivity index (χ0) is 11.1. The van der Waals surface area contributed by atoms with Gasteiger partial charge in [0.25, 0.3) is 0 Å². The van der Waals surface area contributed by atoms with Crippen molar-refractivity contribution < 1.29 is 9.32 Å². The maximum Gasteiger partial charge on any atom is 0.237 e. The number of carbonyl (C=O) groups excluding carboxylic acids is 1. The zero-order valence-electron chi connectivity index (χ0n) is 8.56. The van der Waals surface area contributed by atoms with E-state index in [2.05, 4.69) is 31.9 Å². The Morgan fingerprint density at radius 1 is 1.80 bits per heavy atom. The van der Waals surface area contributed by atoms with Crippen LogP contribution in [0, 0.1) is 0 Å². The third kappa shape index (κ3) is 3.90. The maximum absolute atomic E-state index is 11.4. The third-order valence-corrected chi connectivity index (χ3v) is 1.79.